The van der Waals surface area contributed by atoms with Crippen molar-refractivity contribution in [1.29, 1.82) is 0 Å². The molecule has 3 heteroatoms. The fourth-order valence-corrected chi connectivity index (χ4v) is 1.81. The van der Waals surface area contributed by atoms with E-state index in [2.05, 4.69) is 4.98 Å². The first-order valence-electron chi connectivity index (χ1n) is 5.54. The molecule has 0 spiro atoms. The molecule has 0 aliphatic rings. The summed E-state index contributed by atoms with van der Waals surface area (Å²) in [7, 11) is 0. The zero-order valence-corrected chi connectivity index (χ0v) is 9.53. The highest BCUT2D eigenvalue weighted by Crippen LogP contribution is 2.28. The lowest BCUT2D eigenvalue weighted by Crippen LogP contribution is -1.94. The number of nitrogens with zero attached hydrogens (tertiary/aromatic N) is 1. The van der Waals surface area contributed by atoms with Crippen LogP contribution in [-0.2, 0) is 6.42 Å². The lowest BCUT2D eigenvalue weighted by Gasteiger charge is -2.09. The molecule has 2 aromatic rings. The van der Waals surface area contributed by atoms with Crippen LogP contribution in [0, 0.1) is 0 Å². The number of rotatable bonds is 3. The summed E-state index contributed by atoms with van der Waals surface area (Å²) in [5.41, 5.74) is 2.26. The van der Waals surface area contributed by atoms with Gasteiger partial charge in [-0.25, -0.2) is 8.78 Å². The SMILES string of the molecule is CCc1ccc(-c2ccccn2)cc1C(F)F. The van der Waals surface area contributed by atoms with Crippen molar-refractivity contribution in [1.82, 2.24) is 4.98 Å². The van der Waals surface area contributed by atoms with Crippen molar-refractivity contribution >= 4 is 0 Å². The largest absolute Gasteiger partial charge is 0.264 e. The summed E-state index contributed by atoms with van der Waals surface area (Å²) in [4.78, 5) is 4.16. The second kappa shape index (κ2) is 5.04. The predicted molar refractivity (Wildman–Crippen MR) is 64.0 cm³/mol. The average molecular weight is 233 g/mol. The van der Waals surface area contributed by atoms with Crippen molar-refractivity contribution in [3.8, 4) is 11.3 Å². The Morgan fingerprint density at radius 2 is 2.00 bits per heavy atom. The highest BCUT2D eigenvalue weighted by Gasteiger charge is 2.13. The Balaban J connectivity index is 2.48. The zero-order valence-electron chi connectivity index (χ0n) is 9.53. The second-order valence-electron chi connectivity index (χ2n) is 3.78. The molecule has 1 nitrogen and oxygen atoms in total. The number of pyridine rings is 1. The van der Waals surface area contributed by atoms with Crippen molar-refractivity contribution in [3.05, 3.63) is 53.7 Å². The van der Waals surface area contributed by atoms with Crippen LogP contribution < -0.4 is 0 Å². The van der Waals surface area contributed by atoms with Crippen LogP contribution >= 0.6 is 0 Å². The molecule has 0 unspecified atom stereocenters. The molecule has 0 fully saturated rings. The first kappa shape index (κ1) is 11.7. The van der Waals surface area contributed by atoms with Crippen LogP contribution in [0.15, 0.2) is 42.6 Å². The molecule has 2 rings (SSSR count). The number of aromatic nitrogens is 1. The third-order valence-corrected chi connectivity index (χ3v) is 2.72. The number of alkyl halides is 2. The summed E-state index contributed by atoms with van der Waals surface area (Å²) in [5, 5.41) is 0. The maximum absolute atomic E-state index is 12.9. The summed E-state index contributed by atoms with van der Waals surface area (Å²) >= 11 is 0. The van der Waals surface area contributed by atoms with Crippen molar-refractivity contribution in [2.24, 2.45) is 0 Å². The van der Waals surface area contributed by atoms with Crippen molar-refractivity contribution in [2.75, 3.05) is 0 Å². The summed E-state index contributed by atoms with van der Waals surface area (Å²) in [5.74, 6) is 0. The van der Waals surface area contributed by atoms with Gasteiger partial charge in [0.1, 0.15) is 0 Å². The van der Waals surface area contributed by atoms with E-state index in [1.165, 1.54) is 6.07 Å². The average Bonchev–Trinajstić information content (AvgIpc) is 2.39. The molecule has 0 aliphatic heterocycles. The van der Waals surface area contributed by atoms with Crippen molar-refractivity contribution in [3.63, 3.8) is 0 Å². The van der Waals surface area contributed by atoms with Gasteiger partial charge in [0.2, 0.25) is 0 Å². The van der Waals surface area contributed by atoms with Gasteiger partial charge in [0.05, 0.1) is 5.69 Å². The molecule has 17 heavy (non-hydrogen) atoms. The molecule has 0 saturated carbocycles. The monoisotopic (exact) mass is 233 g/mol. The Labute approximate surface area is 99.1 Å². The number of halogens is 2. The highest BCUT2D eigenvalue weighted by molar-refractivity contribution is 5.61. The van der Waals surface area contributed by atoms with Gasteiger partial charge in [0.15, 0.2) is 0 Å². The molecule has 0 saturated heterocycles. The van der Waals surface area contributed by atoms with Crippen molar-refractivity contribution < 1.29 is 8.78 Å². The van der Waals surface area contributed by atoms with Crippen LogP contribution in [0.25, 0.3) is 11.3 Å². The molecular weight excluding hydrogens is 220 g/mol. The molecule has 0 aliphatic carbocycles. The second-order valence-corrected chi connectivity index (χ2v) is 3.78. The minimum Gasteiger partial charge on any atom is -0.256 e. The third kappa shape index (κ3) is 2.49. The van der Waals surface area contributed by atoms with Gasteiger partial charge >= 0.3 is 0 Å². The Morgan fingerprint density at radius 1 is 1.18 bits per heavy atom. The number of hydrogen-bond donors (Lipinski definition) is 0. The highest BCUT2D eigenvalue weighted by atomic mass is 19.3. The topological polar surface area (TPSA) is 12.9 Å². The van der Waals surface area contributed by atoms with E-state index in [9.17, 15) is 8.78 Å². The predicted octanol–water partition coefficient (Wildman–Crippen LogP) is 4.25. The Kier molecular flexibility index (Phi) is 3.47. The fraction of sp³-hybridized carbons (Fsp3) is 0.214. The lowest BCUT2D eigenvalue weighted by atomic mass is 10.0. The van der Waals surface area contributed by atoms with Crippen molar-refractivity contribution in [2.45, 2.75) is 19.8 Å². The van der Waals surface area contributed by atoms with Crippen LogP contribution in [0.4, 0.5) is 8.78 Å². The van der Waals surface area contributed by atoms with E-state index in [0.29, 0.717) is 12.0 Å². The molecule has 88 valence electrons. The van der Waals surface area contributed by atoms with Crippen LogP contribution in [0.1, 0.15) is 24.5 Å². The van der Waals surface area contributed by atoms with Gasteiger partial charge in [-0.2, -0.15) is 0 Å². The molecule has 0 N–H and O–H groups in total. The van der Waals surface area contributed by atoms with E-state index in [0.717, 1.165) is 11.3 Å². The first-order chi connectivity index (χ1) is 8.22. The minimum atomic E-state index is -2.44. The Bertz CT molecular complexity index is 495. The molecule has 1 aromatic carbocycles. The quantitative estimate of drug-likeness (QED) is 0.772. The van der Waals surface area contributed by atoms with Crippen LogP contribution in [-0.4, -0.2) is 4.98 Å². The summed E-state index contributed by atoms with van der Waals surface area (Å²) in [6, 6.07) is 10.6. The van der Waals surface area contributed by atoms with Gasteiger partial charge < -0.3 is 0 Å². The zero-order chi connectivity index (χ0) is 12.3. The van der Waals surface area contributed by atoms with Gasteiger partial charge in [0.25, 0.3) is 6.43 Å². The van der Waals surface area contributed by atoms with Gasteiger partial charge in [-0.1, -0.05) is 25.1 Å². The first-order valence-corrected chi connectivity index (χ1v) is 5.54. The summed E-state index contributed by atoms with van der Waals surface area (Å²) in [6.07, 6.45) is -0.165. The molecule has 0 amide bonds. The van der Waals surface area contributed by atoms with E-state index >= 15 is 0 Å². The van der Waals surface area contributed by atoms with E-state index in [4.69, 9.17) is 0 Å². The summed E-state index contributed by atoms with van der Waals surface area (Å²) < 4.78 is 25.8. The van der Waals surface area contributed by atoms with E-state index in [1.54, 1.807) is 18.3 Å². The van der Waals surface area contributed by atoms with Crippen LogP contribution in [0.2, 0.25) is 0 Å². The van der Waals surface area contributed by atoms with Gasteiger partial charge in [0, 0.05) is 17.3 Å². The van der Waals surface area contributed by atoms with Crippen LogP contribution in [0.3, 0.4) is 0 Å². The summed E-state index contributed by atoms with van der Waals surface area (Å²) in [6.45, 7) is 1.88. The Hall–Kier alpha value is -1.77. The number of hydrogen-bond acceptors (Lipinski definition) is 1. The lowest BCUT2D eigenvalue weighted by molar-refractivity contribution is 0.150. The van der Waals surface area contributed by atoms with Gasteiger partial charge in [-0.15, -0.1) is 0 Å². The normalized spacial score (nSPS) is 10.8. The van der Waals surface area contributed by atoms with Gasteiger partial charge in [-0.3, -0.25) is 4.98 Å². The van der Waals surface area contributed by atoms with E-state index in [1.807, 2.05) is 25.1 Å². The van der Waals surface area contributed by atoms with Gasteiger partial charge in [-0.05, 0) is 30.2 Å². The minimum absolute atomic E-state index is 0.107. The molecule has 0 bridgehead atoms. The maximum Gasteiger partial charge on any atom is 0.264 e. The molecule has 1 heterocycles. The molecule has 0 radical (unpaired) electrons. The Morgan fingerprint density at radius 3 is 2.59 bits per heavy atom. The smallest absolute Gasteiger partial charge is 0.256 e. The van der Waals surface area contributed by atoms with E-state index < -0.39 is 6.43 Å². The number of aryl methyl sites for hydroxylation is 1. The third-order valence-electron chi connectivity index (χ3n) is 2.72. The molecule has 0 atom stereocenters. The van der Waals surface area contributed by atoms with Crippen LogP contribution in [0.5, 0.6) is 0 Å². The maximum atomic E-state index is 12.9. The standard InChI is InChI=1S/C14H13F2N/c1-2-10-6-7-11(9-12(10)14(15)16)13-5-3-4-8-17-13/h3-9,14H,2H2,1H3. The molecule has 1 aromatic heterocycles. The fourth-order valence-electron chi connectivity index (χ4n) is 1.81. The molecular formula is C14H13F2N. The number of benzene rings is 1. The van der Waals surface area contributed by atoms with E-state index in [-0.39, 0.29) is 5.56 Å².